The van der Waals surface area contributed by atoms with Gasteiger partial charge in [-0.05, 0) is 30.7 Å². The van der Waals surface area contributed by atoms with E-state index in [1.165, 1.54) is 31.5 Å². The number of carbonyl (C=O) groups is 1. The Bertz CT molecular complexity index is 453. The molecule has 1 amide bonds. The van der Waals surface area contributed by atoms with Crippen LogP contribution in [0.5, 0.6) is 0 Å². The van der Waals surface area contributed by atoms with Gasteiger partial charge in [0, 0.05) is 24.4 Å². The maximum atomic E-state index is 11.8. The molecule has 2 atom stereocenters. The first-order valence-electron chi connectivity index (χ1n) is 6.12. The number of aromatic nitrogens is 1. The minimum Gasteiger partial charge on any atom is -0.352 e. The first-order chi connectivity index (χ1) is 8.15. The van der Waals surface area contributed by atoms with Crippen molar-refractivity contribution in [2.75, 3.05) is 6.54 Å². The largest absolute Gasteiger partial charge is 0.352 e. The molecule has 0 bridgehead atoms. The Labute approximate surface area is 100 Å². The van der Waals surface area contributed by atoms with Crippen molar-refractivity contribution in [2.24, 2.45) is 11.8 Å². The average Bonchev–Trinajstić information content (AvgIpc) is 2.72. The van der Waals surface area contributed by atoms with Crippen LogP contribution in [0.25, 0.3) is 0 Å². The number of hydrogen-bond donors (Lipinski definition) is 2. The number of pyridine rings is 1. The fourth-order valence-electron chi connectivity index (χ4n) is 2.44. The van der Waals surface area contributed by atoms with Gasteiger partial charge in [-0.25, -0.2) is 0 Å². The van der Waals surface area contributed by atoms with Crippen LogP contribution < -0.4 is 10.9 Å². The predicted molar refractivity (Wildman–Crippen MR) is 65.9 cm³/mol. The SMILES string of the molecule is CC1CCC(CNC(=O)c2cc[nH]c(=O)c2)C1. The summed E-state index contributed by atoms with van der Waals surface area (Å²) in [7, 11) is 0. The molecule has 0 aromatic carbocycles. The van der Waals surface area contributed by atoms with Crippen molar-refractivity contribution in [2.45, 2.75) is 26.2 Å². The average molecular weight is 234 g/mol. The number of amides is 1. The number of carbonyl (C=O) groups excluding carboxylic acids is 1. The van der Waals surface area contributed by atoms with Gasteiger partial charge in [-0.1, -0.05) is 13.3 Å². The van der Waals surface area contributed by atoms with Gasteiger partial charge in [0.15, 0.2) is 0 Å². The summed E-state index contributed by atoms with van der Waals surface area (Å²) in [5.41, 5.74) is 0.187. The van der Waals surface area contributed by atoms with E-state index in [-0.39, 0.29) is 11.5 Å². The lowest BCUT2D eigenvalue weighted by molar-refractivity contribution is 0.0947. The van der Waals surface area contributed by atoms with E-state index in [0.717, 1.165) is 12.5 Å². The first kappa shape index (κ1) is 11.9. The minimum absolute atomic E-state index is 0.157. The van der Waals surface area contributed by atoms with E-state index in [9.17, 15) is 9.59 Å². The van der Waals surface area contributed by atoms with Crippen molar-refractivity contribution in [1.29, 1.82) is 0 Å². The highest BCUT2D eigenvalue weighted by Gasteiger charge is 2.21. The molecule has 0 radical (unpaired) electrons. The number of hydrogen-bond acceptors (Lipinski definition) is 2. The van der Waals surface area contributed by atoms with E-state index < -0.39 is 0 Å². The fraction of sp³-hybridized carbons (Fsp3) is 0.538. The van der Waals surface area contributed by atoms with E-state index >= 15 is 0 Å². The molecule has 92 valence electrons. The van der Waals surface area contributed by atoms with Crippen LogP contribution in [0.1, 0.15) is 36.5 Å². The van der Waals surface area contributed by atoms with Gasteiger partial charge in [0.2, 0.25) is 5.56 Å². The molecule has 2 rings (SSSR count). The Morgan fingerprint density at radius 3 is 3.00 bits per heavy atom. The number of aromatic amines is 1. The highest BCUT2D eigenvalue weighted by molar-refractivity contribution is 5.93. The summed E-state index contributed by atoms with van der Waals surface area (Å²) in [6, 6.07) is 2.95. The molecule has 4 nitrogen and oxygen atoms in total. The summed E-state index contributed by atoms with van der Waals surface area (Å²) >= 11 is 0. The van der Waals surface area contributed by atoms with Gasteiger partial charge in [0.1, 0.15) is 0 Å². The summed E-state index contributed by atoms with van der Waals surface area (Å²) in [4.78, 5) is 25.3. The molecule has 1 saturated carbocycles. The van der Waals surface area contributed by atoms with Crippen molar-refractivity contribution >= 4 is 5.91 Å². The molecule has 1 heterocycles. The molecule has 1 aliphatic carbocycles. The van der Waals surface area contributed by atoms with Gasteiger partial charge < -0.3 is 10.3 Å². The Kier molecular flexibility index (Phi) is 3.61. The van der Waals surface area contributed by atoms with Crippen molar-refractivity contribution in [3.05, 3.63) is 34.2 Å². The number of H-pyrrole nitrogens is 1. The van der Waals surface area contributed by atoms with Gasteiger partial charge >= 0.3 is 0 Å². The molecule has 17 heavy (non-hydrogen) atoms. The number of nitrogens with one attached hydrogen (secondary N) is 2. The molecule has 2 N–H and O–H groups in total. The topological polar surface area (TPSA) is 62.0 Å². The molecule has 1 fully saturated rings. The van der Waals surface area contributed by atoms with Gasteiger partial charge in [0.25, 0.3) is 5.91 Å². The van der Waals surface area contributed by atoms with E-state index in [2.05, 4.69) is 17.2 Å². The Hall–Kier alpha value is -1.58. The summed E-state index contributed by atoms with van der Waals surface area (Å²) < 4.78 is 0. The Balaban J connectivity index is 1.87. The van der Waals surface area contributed by atoms with Crippen molar-refractivity contribution < 1.29 is 4.79 Å². The first-order valence-corrected chi connectivity index (χ1v) is 6.12. The summed E-state index contributed by atoms with van der Waals surface area (Å²) in [6.07, 6.45) is 5.13. The van der Waals surface area contributed by atoms with Crippen LogP contribution in [0.15, 0.2) is 23.1 Å². The maximum absolute atomic E-state index is 11.8. The normalized spacial score (nSPS) is 23.6. The van der Waals surface area contributed by atoms with E-state index in [1.807, 2.05) is 0 Å². The second-order valence-corrected chi connectivity index (χ2v) is 4.94. The van der Waals surface area contributed by atoms with Crippen LogP contribution in [0.4, 0.5) is 0 Å². The van der Waals surface area contributed by atoms with Crippen LogP contribution in [-0.4, -0.2) is 17.4 Å². The Morgan fingerprint density at radius 1 is 1.53 bits per heavy atom. The molecular weight excluding hydrogens is 216 g/mol. The third kappa shape index (κ3) is 3.19. The maximum Gasteiger partial charge on any atom is 0.251 e. The van der Waals surface area contributed by atoms with Crippen molar-refractivity contribution in [1.82, 2.24) is 10.3 Å². The van der Waals surface area contributed by atoms with E-state index in [1.54, 1.807) is 6.07 Å². The van der Waals surface area contributed by atoms with Gasteiger partial charge in [-0.3, -0.25) is 9.59 Å². The highest BCUT2D eigenvalue weighted by atomic mass is 16.2. The smallest absolute Gasteiger partial charge is 0.251 e. The zero-order chi connectivity index (χ0) is 12.3. The zero-order valence-electron chi connectivity index (χ0n) is 10.0. The van der Waals surface area contributed by atoms with Crippen LogP contribution in [0.2, 0.25) is 0 Å². The summed E-state index contributed by atoms with van der Waals surface area (Å²) in [6.45, 7) is 2.97. The molecule has 1 aromatic heterocycles. The van der Waals surface area contributed by atoms with Crippen LogP contribution in [-0.2, 0) is 0 Å². The highest BCUT2D eigenvalue weighted by Crippen LogP contribution is 2.29. The lowest BCUT2D eigenvalue weighted by Crippen LogP contribution is -2.29. The lowest BCUT2D eigenvalue weighted by Gasteiger charge is -2.10. The van der Waals surface area contributed by atoms with Crippen LogP contribution in [0, 0.1) is 11.8 Å². The monoisotopic (exact) mass is 234 g/mol. The summed E-state index contributed by atoms with van der Waals surface area (Å²) in [5, 5.41) is 2.90. The number of rotatable bonds is 3. The summed E-state index contributed by atoms with van der Waals surface area (Å²) in [5.74, 6) is 1.21. The standard InChI is InChI=1S/C13H18N2O2/c1-9-2-3-10(6-9)8-15-13(17)11-4-5-14-12(16)7-11/h4-5,7,9-10H,2-3,6,8H2,1H3,(H,14,16)(H,15,17). The molecule has 2 unspecified atom stereocenters. The van der Waals surface area contributed by atoms with E-state index in [0.29, 0.717) is 11.5 Å². The van der Waals surface area contributed by atoms with E-state index in [4.69, 9.17) is 0 Å². The molecule has 4 heteroatoms. The third-order valence-electron chi connectivity index (χ3n) is 3.39. The molecule has 1 aromatic rings. The second kappa shape index (κ2) is 5.17. The zero-order valence-corrected chi connectivity index (χ0v) is 10.0. The van der Waals surface area contributed by atoms with Crippen LogP contribution in [0.3, 0.4) is 0 Å². The van der Waals surface area contributed by atoms with Crippen LogP contribution >= 0.6 is 0 Å². The van der Waals surface area contributed by atoms with Gasteiger partial charge in [-0.15, -0.1) is 0 Å². The molecule has 1 aliphatic rings. The van der Waals surface area contributed by atoms with Crippen molar-refractivity contribution in [3.63, 3.8) is 0 Å². The Morgan fingerprint density at radius 2 is 2.35 bits per heavy atom. The quantitative estimate of drug-likeness (QED) is 0.833. The molecule has 0 saturated heterocycles. The third-order valence-corrected chi connectivity index (χ3v) is 3.39. The molecular formula is C13H18N2O2. The van der Waals surface area contributed by atoms with Crippen molar-refractivity contribution in [3.8, 4) is 0 Å². The minimum atomic E-state index is -0.243. The fourth-order valence-corrected chi connectivity index (χ4v) is 2.44. The lowest BCUT2D eigenvalue weighted by atomic mass is 10.1. The van der Waals surface area contributed by atoms with Gasteiger partial charge in [0.05, 0.1) is 0 Å². The second-order valence-electron chi connectivity index (χ2n) is 4.94. The van der Waals surface area contributed by atoms with Gasteiger partial charge in [-0.2, -0.15) is 0 Å². The molecule has 0 spiro atoms. The predicted octanol–water partition coefficient (Wildman–Crippen LogP) is 1.54. The molecule has 0 aliphatic heterocycles.